The molecule has 0 atom stereocenters. The SMILES string of the molecule is N#Cc1ccc(COc2ccc(F)cc2F)c(Cl)c1. The highest BCUT2D eigenvalue weighted by Crippen LogP contribution is 2.22. The molecule has 0 saturated heterocycles. The fraction of sp³-hybridized carbons (Fsp3) is 0.0714. The zero-order valence-electron chi connectivity index (χ0n) is 9.66. The van der Waals surface area contributed by atoms with E-state index in [1.807, 2.05) is 6.07 Å². The zero-order chi connectivity index (χ0) is 13.8. The van der Waals surface area contributed by atoms with E-state index in [4.69, 9.17) is 21.6 Å². The predicted octanol–water partition coefficient (Wildman–Crippen LogP) is 4.07. The summed E-state index contributed by atoms with van der Waals surface area (Å²) in [7, 11) is 0. The Hall–Kier alpha value is -2.12. The van der Waals surface area contributed by atoms with Crippen molar-refractivity contribution >= 4 is 11.6 Å². The van der Waals surface area contributed by atoms with E-state index in [2.05, 4.69) is 0 Å². The molecule has 0 aliphatic heterocycles. The number of rotatable bonds is 3. The Morgan fingerprint density at radius 2 is 1.95 bits per heavy atom. The van der Waals surface area contributed by atoms with Gasteiger partial charge in [-0.25, -0.2) is 8.78 Å². The van der Waals surface area contributed by atoms with Gasteiger partial charge in [0.2, 0.25) is 0 Å². The summed E-state index contributed by atoms with van der Waals surface area (Å²) < 4.78 is 31.3. The number of hydrogen-bond acceptors (Lipinski definition) is 2. The highest BCUT2D eigenvalue weighted by atomic mass is 35.5. The molecule has 0 aromatic heterocycles. The molecular weight excluding hydrogens is 272 g/mol. The summed E-state index contributed by atoms with van der Waals surface area (Å²) in [6.07, 6.45) is 0. The molecule has 0 aliphatic carbocycles. The normalized spacial score (nSPS) is 10.0. The summed E-state index contributed by atoms with van der Waals surface area (Å²) in [5.41, 5.74) is 1.05. The van der Waals surface area contributed by atoms with Crippen molar-refractivity contribution in [1.29, 1.82) is 5.26 Å². The van der Waals surface area contributed by atoms with Crippen molar-refractivity contribution in [3.05, 3.63) is 64.2 Å². The third-order valence-electron chi connectivity index (χ3n) is 2.46. The van der Waals surface area contributed by atoms with Crippen LogP contribution in [0.4, 0.5) is 8.78 Å². The Morgan fingerprint density at radius 1 is 1.16 bits per heavy atom. The average molecular weight is 280 g/mol. The van der Waals surface area contributed by atoms with Crippen molar-refractivity contribution in [3.8, 4) is 11.8 Å². The molecule has 0 fully saturated rings. The van der Waals surface area contributed by atoms with Gasteiger partial charge in [0.05, 0.1) is 11.6 Å². The summed E-state index contributed by atoms with van der Waals surface area (Å²) in [5.74, 6) is -1.49. The molecule has 2 rings (SSSR count). The van der Waals surface area contributed by atoms with Crippen LogP contribution in [-0.4, -0.2) is 0 Å². The Kier molecular flexibility index (Phi) is 3.98. The van der Waals surface area contributed by atoms with E-state index in [9.17, 15) is 8.78 Å². The first-order valence-corrected chi connectivity index (χ1v) is 5.74. The molecule has 0 unspecified atom stereocenters. The van der Waals surface area contributed by atoms with Crippen LogP contribution in [0.15, 0.2) is 36.4 Å². The smallest absolute Gasteiger partial charge is 0.167 e. The van der Waals surface area contributed by atoms with Crippen LogP contribution in [0.2, 0.25) is 5.02 Å². The first kappa shape index (κ1) is 13.3. The lowest BCUT2D eigenvalue weighted by Gasteiger charge is -2.08. The monoisotopic (exact) mass is 279 g/mol. The molecular formula is C14H8ClF2NO. The molecule has 0 N–H and O–H groups in total. The second-order valence-electron chi connectivity index (χ2n) is 3.78. The standard InChI is InChI=1S/C14H8ClF2NO/c15-12-5-9(7-18)1-2-10(12)8-19-14-4-3-11(16)6-13(14)17/h1-6H,8H2. The van der Waals surface area contributed by atoms with Gasteiger partial charge in [0.25, 0.3) is 0 Å². The lowest BCUT2D eigenvalue weighted by Crippen LogP contribution is -1.98. The van der Waals surface area contributed by atoms with Gasteiger partial charge < -0.3 is 4.74 Å². The van der Waals surface area contributed by atoms with Crippen molar-refractivity contribution in [2.45, 2.75) is 6.61 Å². The Bertz CT molecular complexity index is 652. The van der Waals surface area contributed by atoms with Gasteiger partial charge in [0.1, 0.15) is 12.4 Å². The minimum Gasteiger partial charge on any atom is -0.486 e. The van der Waals surface area contributed by atoms with Gasteiger partial charge in [-0.15, -0.1) is 0 Å². The van der Waals surface area contributed by atoms with E-state index in [0.717, 1.165) is 12.1 Å². The molecule has 0 saturated carbocycles. The summed E-state index contributed by atoms with van der Waals surface area (Å²) in [6.45, 7) is 0.0348. The summed E-state index contributed by atoms with van der Waals surface area (Å²) >= 11 is 5.95. The van der Waals surface area contributed by atoms with E-state index in [1.54, 1.807) is 12.1 Å². The minimum absolute atomic E-state index is 0.0348. The average Bonchev–Trinajstić information content (AvgIpc) is 2.39. The fourth-order valence-corrected chi connectivity index (χ4v) is 1.72. The molecule has 96 valence electrons. The van der Waals surface area contributed by atoms with Crippen LogP contribution in [0, 0.1) is 23.0 Å². The summed E-state index contributed by atoms with van der Waals surface area (Å²) in [5, 5.41) is 9.06. The fourth-order valence-electron chi connectivity index (χ4n) is 1.48. The van der Waals surface area contributed by atoms with Crippen LogP contribution in [0.5, 0.6) is 5.75 Å². The van der Waals surface area contributed by atoms with Gasteiger partial charge in [-0.2, -0.15) is 5.26 Å². The van der Waals surface area contributed by atoms with Crippen molar-refractivity contribution in [2.75, 3.05) is 0 Å². The predicted molar refractivity (Wildman–Crippen MR) is 66.9 cm³/mol. The summed E-state index contributed by atoms with van der Waals surface area (Å²) in [6, 6.07) is 9.74. The first-order valence-electron chi connectivity index (χ1n) is 5.36. The molecule has 0 aliphatic rings. The molecule has 0 spiro atoms. The molecule has 2 aromatic rings. The molecule has 19 heavy (non-hydrogen) atoms. The van der Waals surface area contributed by atoms with Gasteiger partial charge >= 0.3 is 0 Å². The maximum absolute atomic E-state index is 13.3. The van der Waals surface area contributed by atoms with Crippen molar-refractivity contribution in [2.24, 2.45) is 0 Å². The van der Waals surface area contributed by atoms with Crippen LogP contribution in [0.25, 0.3) is 0 Å². The molecule has 2 nitrogen and oxygen atoms in total. The van der Waals surface area contributed by atoms with Crippen LogP contribution >= 0.6 is 11.6 Å². The largest absolute Gasteiger partial charge is 0.486 e. The van der Waals surface area contributed by atoms with Crippen LogP contribution in [0.3, 0.4) is 0 Å². The zero-order valence-corrected chi connectivity index (χ0v) is 10.4. The number of nitriles is 1. The topological polar surface area (TPSA) is 33.0 Å². The van der Waals surface area contributed by atoms with Gasteiger partial charge in [-0.05, 0) is 24.3 Å². The molecule has 0 bridgehead atoms. The van der Waals surface area contributed by atoms with Crippen molar-refractivity contribution in [1.82, 2.24) is 0 Å². The maximum atomic E-state index is 13.3. The van der Waals surface area contributed by atoms with Crippen molar-refractivity contribution in [3.63, 3.8) is 0 Å². The number of halogens is 3. The number of benzene rings is 2. The van der Waals surface area contributed by atoms with Gasteiger partial charge in [0, 0.05) is 16.7 Å². The van der Waals surface area contributed by atoms with Gasteiger partial charge in [0.15, 0.2) is 11.6 Å². The second kappa shape index (κ2) is 5.68. The number of hydrogen-bond donors (Lipinski definition) is 0. The highest BCUT2D eigenvalue weighted by Gasteiger charge is 2.07. The maximum Gasteiger partial charge on any atom is 0.167 e. The molecule has 5 heteroatoms. The highest BCUT2D eigenvalue weighted by molar-refractivity contribution is 6.31. The van der Waals surface area contributed by atoms with Gasteiger partial charge in [-0.3, -0.25) is 0 Å². The van der Waals surface area contributed by atoms with E-state index in [1.165, 1.54) is 12.1 Å². The van der Waals surface area contributed by atoms with E-state index in [-0.39, 0.29) is 12.4 Å². The van der Waals surface area contributed by atoms with E-state index >= 15 is 0 Å². The Balaban J connectivity index is 2.13. The van der Waals surface area contributed by atoms with Crippen LogP contribution in [0.1, 0.15) is 11.1 Å². The summed E-state index contributed by atoms with van der Waals surface area (Å²) in [4.78, 5) is 0. The van der Waals surface area contributed by atoms with E-state index < -0.39 is 11.6 Å². The number of nitrogens with zero attached hydrogens (tertiary/aromatic N) is 1. The lowest BCUT2D eigenvalue weighted by molar-refractivity contribution is 0.289. The quantitative estimate of drug-likeness (QED) is 0.848. The first-order chi connectivity index (χ1) is 9.10. The minimum atomic E-state index is -0.773. The molecule has 0 amide bonds. The van der Waals surface area contributed by atoms with Crippen molar-refractivity contribution < 1.29 is 13.5 Å². The van der Waals surface area contributed by atoms with E-state index in [0.29, 0.717) is 16.1 Å². The second-order valence-corrected chi connectivity index (χ2v) is 4.19. The van der Waals surface area contributed by atoms with Crippen LogP contribution in [-0.2, 0) is 6.61 Å². The lowest BCUT2D eigenvalue weighted by atomic mass is 10.1. The molecule has 0 radical (unpaired) electrons. The van der Waals surface area contributed by atoms with Crippen LogP contribution < -0.4 is 4.74 Å². The molecule has 0 heterocycles. The Morgan fingerprint density at radius 3 is 2.58 bits per heavy atom. The third kappa shape index (κ3) is 3.21. The third-order valence-corrected chi connectivity index (χ3v) is 2.81. The van der Waals surface area contributed by atoms with Gasteiger partial charge in [-0.1, -0.05) is 17.7 Å². The Labute approximate surface area is 113 Å². The molecule has 2 aromatic carbocycles. The number of ether oxygens (including phenoxy) is 1.